The van der Waals surface area contributed by atoms with E-state index in [1.165, 1.54) is 62.7 Å². The number of hydrogen-bond acceptors (Lipinski definition) is 3. The van der Waals surface area contributed by atoms with Crippen LogP contribution in [0.2, 0.25) is 0 Å². The summed E-state index contributed by atoms with van der Waals surface area (Å²) in [7, 11) is 0. The van der Waals surface area contributed by atoms with E-state index in [-0.39, 0.29) is 0 Å². The molecule has 1 saturated carbocycles. The molecule has 1 heterocycles. The van der Waals surface area contributed by atoms with Crippen molar-refractivity contribution in [2.75, 3.05) is 0 Å². The molecule has 2 nitrogen and oxygen atoms in total. The lowest BCUT2D eigenvalue weighted by Gasteiger charge is -2.25. The fraction of sp³-hybridized carbons (Fsp3) is 0.733. The Hall–Kier alpha value is -0.380. The van der Waals surface area contributed by atoms with Gasteiger partial charge < -0.3 is 0 Å². The molecular formula is C15H26N2S. The van der Waals surface area contributed by atoms with Crippen molar-refractivity contribution in [3.63, 3.8) is 0 Å². The summed E-state index contributed by atoms with van der Waals surface area (Å²) in [6.07, 6.45) is 12.1. The van der Waals surface area contributed by atoms with Gasteiger partial charge in [0.2, 0.25) is 0 Å². The molecule has 0 aliphatic heterocycles. The van der Waals surface area contributed by atoms with Crippen LogP contribution in [-0.4, -0.2) is 6.04 Å². The fourth-order valence-electron chi connectivity index (χ4n) is 3.12. The second-order valence-electron chi connectivity index (χ2n) is 5.50. The molecule has 102 valence electrons. The number of thiophene rings is 1. The number of nitrogens with two attached hydrogens (primary N) is 1. The fourth-order valence-corrected chi connectivity index (χ4v) is 3.87. The van der Waals surface area contributed by atoms with Crippen molar-refractivity contribution in [2.24, 2.45) is 11.8 Å². The van der Waals surface area contributed by atoms with Crippen LogP contribution in [0, 0.1) is 5.92 Å². The van der Waals surface area contributed by atoms with E-state index >= 15 is 0 Å². The normalized spacial score (nSPS) is 19.6. The van der Waals surface area contributed by atoms with Crippen LogP contribution in [0.3, 0.4) is 0 Å². The summed E-state index contributed by atoms with van der Waals surface area (Å²) in [6, 6.07) is 4.91. The molecule has 2 rings (SSSR count). The first-order chi connectivity index (χ1) is 8.90. The molecule has 1 unspecified atom stereocenters. The predicted octanol–water partition coefficient (Wildman–Crippen LogP) is 3.87. The Labute approximate surface area is 115 Å². The molecule has 18 heavy (non-hydrogen) atoms. The lowest BCUT2D eigenvalue weighted by Crippen LogP contribution is -2.40. The second-order valence-corrected chi connectivity index (χ2v) is 6.53. The molecule has 1 aromatic rings. The van der Waals surface area contributed by atoms with Crippen LogP contribution in [0.25, 0.3) is 0 Å². The third-order valence-corrected chi connectivity index (χ3v) is 5.14. The molecule has 1 aliphatic rings. The first kappa shape index (κ1) is 14.0. The lowest BCUT2D eigenvalue weighted by molar-refractivity contribution is 0.303. The first-order valence-corrected chi connectivity index (χ1v) is 8.26. The summed E-state index contributed by atoms with van der Waals surface area (Å²) in [5.74, 6) is 6.57. The van der Waals surface area contributed by atoms with Gasteiger partial charge >= 0.3 is 0 Å². The van der Waals surface area contributed by atoms with Gasteiger partial charge in [-0.15, -0.1) is 11.3 Å². The molecular weight excluding hydrogens is 240 g/mol. The zero-order valence-electron chi connectivity index (χ0n) is 11.2. The average molecular weight is 266 g/mol. The Bertz CT molecular complexity index is 302. The molecule has 1 fully saturated rings. The highest BCUT2D eigenvalue weighted by Gasteiger charge is 2.21. The summed E-state index contributed by atoms with van der Waals surface area (Å²) < 4.78 is 0. The molecule has 0 amide bonds. The van der Waals surface area contributed by atoms with Crippen LogP contribution in [0.1, 0.15) is 56.2 Å². The number of aryl methyl sites for hydroxylation is 1. The Balaban J connectivity index is 1.73. The van der Waals surface area contributed by atoms with E-state index in [1.54, 1.807) is 0 Å². The van der Waals surface area contributed by atoms with Crippen molar-refractivity contribution in [1.29, 1.82) is 0 Å². The van der Waals surface area contributed by atoms with Gasteiger partial charge in [-0.3, -0.25) is 11.3 Å². The largest absolute Gasteiger partial charge is 0.271 e. The highest BCUT2D eigenvalue weighted by molar-refractivity contribution is 7.09. The monoisotopic (exact) mass is 266 g/mol. The Morgan fingerprint density at radius 3 is 2.67 bits per heavy atom. The highest BCUT2D eigenvalue weighted by atomic mass is 32.1. The van der Waals surface area contributed by atoms with Crippen molar-refractivity contribution >= 4 is 11.3 Å². The van der Waals surface area contributed by atoms with Gasteiger partial charge in [-0.1, -0.05) is 31.7 Å². The summed E-state index contributed by atoms with van der Waals surface area (Å²) in [5, 5.41) is 2.17. The van der Waals surface area contributed by atoms with Gasteiger partial charge in [0.25, 0.3) is 0 Å². The first-order valence-electron chi connectivity index (χ1n) is 7.38. The molecule has 3 N–H and O–H groups in total. The number of hydrogen-bond donors (Lipinski definition) is 2. The van der Waals surface area contributed by atoms with Crippen LogP contribution >= 0.6 is 11.3 Å². The van der Waals surface area contributed by atoms with E-state index in [0.29, 0.717) is 6.04 Å². The summed E-state index contributed by atoms with van der Waals surface area (Å²) >= 11 is 1.87. The van der Waals surface area contributed by atoms with Gasteiger partial charge in [0.15, 0.2) is 0 Å². The molecule has 0 spiro atoms. The Kier molecular flexibility index (Phi) is 6.18. The molecule has 1 aromatic heterocycles. The van der Waals surface area contributed by atoms with Crippen molar-refractivity contribution in [2.45, 2.75) is 63.8 Å². The zero-order valence-corrected chi connectivity index (χ0v) is 12.1. The SMILES string of the molecule is NNC(CCCc1cccs1)C1CCCCCC1. The summed E-state index contributed by atoms with van der Waals surface area (Å²) in [6.45, 7) is 0. The van der Waals surface area contributed by atoms with E-state index in [0.717, 1.165) is 5.92 Å². The molecule has 1 aliphatic carbocycles. The maximum absolute atomic E-state index is 5.77. The summed E-state index contributed by atoms with van der Waals surface area (Å²) in [4.78, 5) is 1.51. The van der Waals surface area contributed by atoms with Gasteiger partial charge in [0, 0.05) is 10.9 Å². The van der Waals surface area contributed by atoms with Gasteiger partial charge in [-0.05, 0) is 49.5 Å². The van der Waals surface area contributed by atoms with Gasteiger partial charge in [-0.25, -0.2) is 0 Å². The zero-order chi connectivity index (χ0) is 12.6. The van der Waals surface area contributed by atoms with E-state index in [2.05, 4.69) is 22.9 Å². The predicted molar refractivity (Wildman–Crippen MR) is 79.6 cm³/mol. The van der Waals surface area contributed by atoms with E-state index < -0.39 is 0 Å². The lowest BCUT2D eigenvalue weighted by atomic mass is 9.89. The van der Waals surface area contributed by atoms with Gasteiger partial charge in [0.05, 0.1) is 0 Å². The Morgan fingerprint density at radius 1 is 1.28 bits per heavy atom. The molecule has 0 bridgehead atoms. The minimum absolute atomic E-state index is 0.531. The van der Waals surface area contributed by atoms with E-state index in [1.807, 2.05) is 11.3 Å². The van der Waals surface area contributed by atoms with Crippen molar-refractivity contribution < 1.29 is 0 Å². The molecule has 1 atom stereocenters. The van der Waals surface area contributed by atoms with E-state index in [4.69, 9.17) is 5.84 Å². The minimum Gasteiger partial charge on any atom is -0.271 e. The number of rotatable bonds is 6. The van der Waals surface area contributed by atoms with Crippen molar-refractivity contribution in [3.05, 3.63) is 22.4 Å². The average Bonchev–Trinajstić information content (AvgIpc) is 2.76. The second kappa shape index (κ2) is 7.93. The van der Waals surface area contributed by atoms with Crippen LogP contribution in [-0.2, 0) is 6.42 Å². The van der Waals surface area contributed by atoms with Crippen LogP contribution in [0.15, 0.2) is 17.5 Å². The molecule has 0 saturated heterocycles. The smallest absolute Gasteiger partial charge is 0.0238 e. The molecule has 3 heteroatoms. The quantitative estimate of drug-likeness (QED) is 0.466. The molecule has 0 aromatic carbocycles. The highest BCUT2D eigenvalue weighted by Crippen LogP contribution is 2.27. The molecule has 0 radical (unpaired) electrons. The van der Waals surface area contributed by atoms with Gasteiger partial charge in [-0.2, -0.15) is 0 Å². The number of nitrogens with one attached hydrogen (secondary N) is 1. The summed E-state index contributed by atoms with van der Waals surface area (Å²) in [5.41, 5.74) is 3.08. The van der Waals surface area contributed by atoms with Crippen molar-refractivity contribution in [1.82, 2.24) is 5.43 Å². The Morgan fingerprint density at radius 2 is 2.06 bits per heavy atom. The van der Waals surface area contributed by atoms with E-state index in [9.17, 15) is 0 Å². The maximum Gasteiger partial charge on any atom is 0.0238 e. The maximum atomic E-state index is 5.77. The van der Waals surface area contributed by atoms with Crippen LogP contribution < -0.4 is 11.3 Å². The number of hydrazine groups is 1. The van der Waals surface area contributed by atoms with Crippen LogP contribution in [0.4, 0.5) is 0 Å². The van der Waals surface area contributed by atoms with Crippen LogP contribution in [0.5, 0.6) is 0 Å². The van der Waals surface area contributed by atoms with Crippen molar-refractivity contribution in [3.8, 4) is 0 Å². The third-order valence-electron chi connectivity index (χ3n) is 4.20. The third kappa shape index (κ3) is 4.38. The standard InChI is InChI=1S/C15H26N2S/c16-17-15(13-7-3-1-2-4-8-13)11-5-9-14-10-6-12-18-14/h6,10,12-13,15,17H,1-5,7-9,11,16H2. The minimum atomic E-state index is 0.531. The van der Waals surface area contributed by atoms with Gasteiger partial charge in [0.1, 0.15) is 0 Å². The topological polar surface area (TPSA) is 38.0 Å².